The van der Waals surface area contributed by atoms with Gasteiger partial charge in [-0.1, -0.05) is 44.9 Å². The molecule has 1 saturated heterocycles. The molecule has 0 aromatic heterocycles. The fraction of sp³-hybridized carbons (Fsp3) is 0.650. The van der Waals surface area contributed by atoms with E-state index in [1.54, 1.807) is 0 Å². The number of nitrogens with one attached hydrogen (secondary N) is 1. The predicted octanol–water partition coefficient (Wildman–Crippen LogP) is 4.23. The van der Waals surface area contributed by atoms with E-state index in [-0.39, 0.29) is 11.8 Å². The number of benzene rings is 1. The van der Waals surface area contributed by atoms with E-state index in [9.17, 15) is 4.79 Å². The Hall–Kier alpha value is -1.51. The molecule has 1 atom stereocenters. The van der Waals surface area contributed by atoms with Crippen molar-refractivity contribution in [3.8, 4) is 0 Å². The first kappa shape index (κ1) is 17.8. The molecule has 23 heavy (non-hydrogen) atoms. The number of anilines is 1. The molecule has 128 valence electrons. The summed E-state index contributed by atoms with van der Waals surface area (Å²) in [5, 5.41) is 3.22. The summed E-state index contributed by atoms with van der Waals surface area (Å²) in [7, 11) is 0. The summed E-state index contributed by atoms with van der Waals surface area (Å²) < 4.78 is 0. The molecule has 1 aromatic carbocycles. The fourth-order valence-corrected chi connectivity index (χ4v) is 3.30. The van der Waals surface area contributed by atoms with Crippen molar-refractivity contribution < 1.29 is 4.79 Å². The van der Waals surface area contributed by atoms with Gasteiger partial charge in [0.25, 0.3) is 0 Å². The van der Waals surface area contributed by atoms with Gasteiger partial charge in [0.05, 0.1) is 0 Å². The van der Waals surface area contributed by atoms with Crippen LogP contribution in [-0.4, -0.2) is 25.0 Å². The predicted molar refractivity (Wildman–Crippen MR) is 97.7 cm³/mol. The van der Waals surface area contributed by atoms with Gasteiger partial charge in [0.15, 0.2) is 0 Å². The molecule has 0 saturated carbocycles. The van der Waals surface area contributed by atoms with Gasteiger partial charge in [-0.25, -0.2) is 0 Å². The van der Waals surface area contributed by atoms with E-state index in [1.165, 1.54) is 18.5 Å². The van der Waals surface area contributed by atoms with Gasteiger partial charge in [-0.05, 0) is 44.2 Å². The Morgan fingerprint density at radius 2 is 1.78 bits per heavy atom. The normalized spacial score (nSPS) is 17.3. The van der Waals surface area contributed by atoms with Crippen LogP contribution in [0.4, 0.5) is 5.69 Å². The third kappa shape index (κ3) is 5.89. The van der Waals surface area contributed by atoms with Gasteiger partial charge in [-0.15, -0.1) is 0 Å². The third-order valence-corrected chi connectivity index (χ3v) is 4.79. The third-order valence-electron chi connectivity index (χ3n) is 4.79. The lowest BCUT2D eigenvalue weighted by molar-refractivity contribution is -0.126. The van der Waals surface area contributed by atoms with Crippen LogP contribution in [0.5, 0.6) is 0 Å². The SMILES string of the molecule is CC(C)CCCC(C)NC(=O)C1CCN(c2ccccc2)CC1. The lowest BCUT2D eigenvalue weighted by atomic mass is 9.95. The minimum absolute atomic E-state index is 0.183. The first-order chi connectivity index (χ1) is 11.1. The number of rotatable bonds is 7. The Morgan fingerprint density at radius 3 is 2.39 bits per heavy atom. The molecule has 1 fully saturated rings. The number of hydrogen-bond donors (Lipinski definition) is 1. The van der Waals surface area contributed by atoms with Gasteiger partial charge in [0.1, 0.15) is 0 Å². The summed E-state index contributed by atoms with van der Waals surface area (Å²) >= 11 is 0. The van der Waals surface area contributed by atoms with Crippen LogP contribution in [0.2, 0.25) is 0 Å². The molecule has 1 unspecified atom stereocenters. The molecule has 3 nitrogen and oxygen atoms in total. The number of carbonyl (C=O) groups excluding carboxylic acids is 1. The van der Waals surface area contributed by atoms with Crippen LogP contribution >= 0.6 is 0 Å². The number of piperidine rings is 1. The van der Waals surface area contributed by atoms with E-state index in [4.69, 9.17) is 0 Å². The molecule has 1 aliphatic heterocycles. The van der Waals surface area contributed by atoms with Crippen LogP contribution in [0.1, 0.15) is 52.9 Å². The van der Waals surface area contributed by atoms with Crippen molar-refractivity contribution in [2.75, 3.05) is 18.0 Å². The molecule has 2 rings (SSSR count). The summed E-state index contributed by atoms with van der Waals surface area (Å²) in [6.07, 6.45) is 5.45. The molecule has 1 N–H and O–H groups in total. The summed E-state index contributed by atoms with van der Waals surface area (Å²) in [6, 6.07) is 10.8. The van der Waals surface area contributed by atoms with Crippen LogP contribution in [0, 0.1) is 11.8 Å². The van der Waals surface area contributed by atoms with E-state index < -0.39 is 0 Å². The first-order valence-corrected chi connectivity index (χ1v) is 9.16. The van der Waals surface area contributed by atoms with Crippen molar-refractivity contribution in [3.63, 3.8) is 0 Å². The highest BCUT2D eigenvalue weighted by Crippen LogP contribution is 2.23. The van der Waals surface area contributed by atoms with Crippen molar-refractivity contribution in [2.24, 2.45) is 11.8 Å². The van der Waals surface area contributed by atoms with Crippen LogP contribution in [-0.2, 0) is 4.79 Å². The summed E-state index contributed by atoms with van der Waals surface area (Å²) in [6.45, 7) is 8.60. The summed E-state index contributed by atoms with van der Waals surface area (Å²) in [4.78, 5) is 14.8. The smallest absolute Gasteiger partial charge is 0.223 e. The zero-order chi connectivity index (χ0) is 16.7. The maximum Gasteiger partial charge on any atom is 0.223 e. The zero-order valence-corrected chi connectivity index (χ0v) is 14.9. The summed E-state index contributed by atoms with van der Waals surface area (Å²) in [5.74, 6) is 1.19. The molecule has 1 aliphatic rings. The topological polar surface area (TPSA) is 32.3 Å². The van der Waals surface area contributed by atoms with Crippen molar-refractivity contribution >= 4 is 11.6 Å². The highest BCUT2D eigenvalue weighted by Gasteiger charge is 2.25. The largest absolute Gasteiger partial charge is 0.371 e. The van der Waals surface area contributed by atoms with Crippen molar-refractivity contribution in [1.82, 2.24) is 5.32 Å². The number of para-hydroxylation sites is 1. The quantitative estimate of drug-likeness (QED) is 0.816. The Morgan fingerprint density at radius 1 is 1.13 bits per heavy atom. The average molecular weight is 316 g/mol. The van der Waals surface area contributed by atoms with Gasteiger partial charge in [0.2, 0.25) is 5.91 Å². The maximum atomic E-state index is 12.4. The molecular weight excluding hydrogens is 284 g/mol. The van der Waals surface area contributed by atoms with Crippen LogP contribution in [0.3, 0.4) is 0 Å². The Balaban J connectivity index is 1.71. The first-order valence-electron chi connectivity index (χ1n) is 9.16. The molecular formula is C20H32N2O. The Kier molecular flexibility index (Phi) is 6.94. The van der Waals surface area contributed by atoms with E-state index >= 15 is 0 Å². The van der Waals surface area contributed by atoms with Crippen LogP contribution in [0.25, 0.3) is 0 Å². The van der Waals surface area contributed by atoms with E-state index in [0.29, 0.717) is 6.04 Å². The average Bonchev–Trinajstić information content (AvgIpc) is 2.55. The number of carbonyl (C=O) groups is 1. The number of nitrogens with zero attached hydrogens (tertiary/aromatic N) is 1. The Bertz CT molecular complexity index is 464. The van der Waals surface area contributed by atoms with Gasteiger partial charge in [0, 0.05) is 30.7 Å². The van der Waals surface area contributed by atoms with Crippen molar-refractivity contribution in [1.29, 1.82) is 0 Å². The second kappa shape index (κ2) is 8.95. The molecule has 1 amide bonds. The minimum atomic E-state index is 0.183. The highest BCUT2D eigenvalue weighted by molar-refractivity contribution is 5.79. The van der Waals surface area contributed by atoms with Gasteiger partial charge in [-0.2, -0.15) is 0 Å². The fourth-order valence-electron chi connectivity index (χ4n) is 3.30. The van der Waals surface area contributed by atoms with Gasteiger partial charge < -0.3 is 10.2 Å². The molecule has 0 spiro atoms. The van der Waals surface area contributed by atoms with Crippen LogP contribution in [0.15, 0.2) is 30.3 Å². The second-order valence-electron chi connectivity index (χ2n) is 7.33. The monoisotopic (exact) mass is 316 g/mol. The van der Waals surface area contributed by atoms with Crippen molar-refractivity contribution in [3.05, 3.63) is 30.3 Å². The lowest BCUT2D eigenvalue weighted by Gasteiger charge is -2.33. The van der Waals surface area contributed by atoms with Gasteiger partial charge >= 0.3 is 0 Å². The molecule has 1 aromatic rings. The number of hydrogen-bond acceptors (Lipinski definition) is 2. The van der Waals surface area contributed by atoms with Gasteiger partial charge in [-0.3, -0.25) is 4.79 Å². The second-order valence-corrected chi connectivity index (χ2v) is 7.33. The standard InChI is InChI=1S/C20H32N2O/c1-16(2)8-7-9-17(3)21-20(23)18-12-14-22(15-13-18)19-10-5-4-6-11-19/h4-6,10-11,16-18H,7-9,12-15H2,1-3H3,(H,21,23). The van der Waals surface area contributed by atoms with E-state index in [2.05, 4.69) is 55.3 Å². The molecule has 3 heteroatoms. The maximum absolute atomic E-state index is 12.4. The Labute approximate surface area is 141 Å². The van der Waals surface area contributed by atoms with E-state index in [0.717, 1.165) is 38.3 Å². The number of amides is 1. The van der Waals surface area contributed by atoms with Crippen LogP contribution < -0.4 is 10.2 Å². The minimum Gasteiger partial charge on any atom is -0.371 e. The molecule has 0 aliphatic carbocycles. The van der Waals surface area contributed by atoms with E-state index in [1.807, 2.05) is 6.07 Å². The molecule has 0 radical (unpaired) electrons. The lowest BCUT2D eigenvalue weighted by Crippen LogP contribution is -2.43. The summed E-state index contributed by atoms with van der Waals surface area (Å²) in [5.41, 5.74) is 1.27. The molecule has 1 heterocycles. The van der Waals surface area contributed by atoms with Crippen molar-refractivity contribution in [2.45, 2.75) is 58.9 Å². The highest BCUT2D eigenvalue weighted by atomic mass is 16.1. The zero-order valence-electron chi connectivity index (χ0n) is 14.9. The molecule has 0 bridgehead atoms.